The monoisotopic (exact) mass is 185 g/mol. The van der Waals surface area contributed by atoms with E-state index in [2.05, 4.69) is 4.98 Å². The normalized spacial score (nSPS) is 11.3. The molecule has 0 radical (unpaired) electrons. The van der Waals surface area contributed by atoms with Gasteiger partial charge in [0.1, 0.15) is 0 Å². The number of aryl methyl sites for hydroxylation is 1. The lowest BCUT2D eigenvalue weighted by Crippen LogP contribution is -2.01. The molecule has 0 N–H and O–H groups in total. The first-order valence-electron chi connectivity index (χ1n) is 4.27. The van der Waals surface area contributed by atoms with Crippen LogP contribution in [-0.4, -0.2) is 4.98 Å². The van der Waals surface area contributed by atoms with Crippen LogP contribution in [0.3, 0.4) is 0 Å². The predicted octanol–water partition coefficient (Wildman–Crippen LogP) is 3.45. The van der Waals surface area contributed by atoms with Crippen molar-refractivity contribution < 1.29 is 8.78 Å². The zero-order chi connectivity index (χ0) is 10.0. The van der Waals surface area contributed by atoms with Gasteiger partial charge in [0.05, 0.1) is 5.69 Å². The summed E-state index contributed by atoms with van der Waals surface area (Å²) in [7, 11) is 0. The van der Waals surface area contributed by atoms with Crippen LogP contribution in [0, 0.1) is 6.92 Å². The topological polar surface area (TPSA) is 12.9 Å². The fourth-order valence-corrected chi connectivity index (χ4v) is 1.26. The smallest absolute Gasteiger partial charge is 0.260 e. The highest BCUT2D eigenvalue weighted by Gasteiger charge is 2.16. The lowest BCUT2D eigenvalue weighted by Gasteiger charge is -2.11. The van der Waals surface area contributed by atoms with E-state index in [-0.39, 0.29) is 11.5 Å². The molecule has 0 aliphatic carbocycles. The lowest BCUT2D eigenvalue weighted by molar-refractivity contribution is 0.149. The van der Waals surface area contributed by atoms with E-state index in [1.165, 1.54) is 6.07 Å². The number of rotatable bonds is 2. The zero-order valence-corrected chi connectivity index (χ0v) is 8.01. The number of aromatic nitrogens is 1. The molecule has 0 saturated carbocycles. The van der Waals surface area contributed by atoms with E-state index in [4.69, 9.17) is 0 Å². The summed E-state index contributed by atoms with van der Waals surface area (Å²) in [5.74, 6) is 0.0459. The van der Waals surface area contributed by atoms with Crippen molar-refractivity contribution in [3.8, 4) is 0 Å². The van der Waals surface area contributed by atoms with Crippen molar-refractivity contribution in [1.82, 2.24) is 4.98 Å². The molecule has 0 spiro atoms. The maximum atomic E-state index is 12.5. The van der Waals surface area contributed by atoms with Gasteiger partial charge < -0.3 is 0 Å². The Bertz CT molecular complexity index is 295. The molecule has 72 valence electrons. The molecule has 0 amide bonds. The van der Waals surface area contributed by atoms with Crippen LogP contribution in [-0.2, 0) is 0 Å². The van der Waals surface area contributed by atoms with E-state index >= 15 is 0 Å². The minimum atomic E-state index is -2.43. The second kappa shape index (κ2) is 3.81. The van der Waals surface area contributed by atoms with Gasteiger partial charge in [0.15, 0.2) is 0 Å². The number of hydrogen-bond donors (Lipinski definition) is 0. The summed E-state index contributed by atoms with van der Waals surface area (Å²) in [6.45, 7) is 5.50. The van der Waals surface area contributed by atoms with Gasteiger partial charge >= 0.3 is 0 Å². The second-order valence-corrected chi connectivity index (χ2v) is 3.44. The van der Waals surface area contributed by atoms with Crippen molar-refractivity contribution >= 4 is 0 Å². The van der Waals surface area contributed by atoms with Gasteiger partial charge in [0.2, 0.25) is 0 Å². The van der Waals surface area contributed by atoms with Crippen molar-refractivity contribution in [1.29, 1.82) is 0 Å². The molecular weight excluding hydrogens is 172 g/mol. The quantitative estimate of drug-likeness (QED) is 0.687. The second-order valence-electron chi connectivity index (χ2n) is 3.44. The Kier molecular flexibility index (Phi) is 2.96. The van der Waals surface area contributed by atoms with Gasteiger partial charge in [0, 0.05) is 11.8 Å². The molecule has 3 heteroatoms. The molecule has 1 aromatic rings. The van der Waals surface area contributed by atoms with Crippen molar-refractivity contribution in [2.75, 3.05) is 0 Å². The molecule has 0 bridgehead atoms. The molecule has 13 heavy (non-hydrogen) atoms. The number of halogens is 2. The number of pyridine rings is 1. The summed E-state index contributed by atoms with van der Waals surface area (Å²) in [6.07, 6.45) is -0.800. The van der Waals surface area contributed by atoms with E-state index in [9.17, 15) is 8.78 Å². The van der Waals surface area contributed by atoms with Crippen molar-refractivity contribution in [3.63, 3.8) is 0 Å². The predicted molar refractivity (Wildman–Crippen MR) is 48.0 cm³/mol. The van der Waals surface area contributed by atoms with E-state index in [0.717, 1.165) is 5.56 Å². The Labute approximate surface area is 76.8 Å². The SMILES string of the molecule is Cc1cnc(C(C)C)c(C(F)F)c1. The highest BCUT2D eigenvalue weighted by molar-refractivity contribution is 5.27. The van der Waals surface area contributed by atoms with Crippen LogP contribution < -0.4 is 0 Å². The molecular formula is C10H13F2N. The number of hydrogen-bond acceptors (Lipinski definition) is 1. The van der Waals surface area contributed by atoms with Gasteiger partial charge in [-0.25, -0.2) is 8.78 Å². The van der Waals surface area contributed by atoms with Crippen molar-refractivity contribution in [3.05, 3.63) is 29.1 Å². The zero-order valence-electron chi connectivity index (χ0n) is 8.01. The highest BCUT2D eigenvalue weighted by atomic mass is 19.3. The molecule has 0 aromatic carbocycles. The molecule has 0 aliphatic heterocycles. The maximum absolute atomic E-state index is 12.5. The van der Waals surface area contributed by atoms with Gasteiger partial charge in [-0.15, -0.1) is 0 Å². The summed E-state index contributed by atoms with van der Waals surface area (Å²) in [6, 6.07) is 1.51. The minimum absolute atomic E-state index is 0.0459. The standard InChI is InChI=1S/C10H13F2N/c1-6(2)9-8(10(11)12)4-7(3)5-13-9/h4-6,10H,1-3H3. The fourth-order valence-electron chi connectivity index (χ4n) is 1.26. The van der Waals surface area contributed by atoms with Crippen LogP contribution in [0.25, 0.3) is 0 Å². The molecule has 0 saturated heterocycles. The summed E-state index contributed by atoms with van der Waals surface area (Å²) < 4.78 is 25.1. The van der Waals surface area contributed by atoms with E-state index in [1.807, 2.05) is 13.8 Å². The van der Waals surface area contributed by atoms with E-state index < -0.39 is 6.43 Å². The Morgan fingerprint density at radius 3 is 2.38 bits per heavy atom. The lowest BCUT2D eigenvalue weighted by atomic mass is 10.0. The Balaban J connectivity index is 3.19. The molecule has 0 unspecified atom stereocenters. The van der Waals surface area contributed by atoms with Crippen LogP contribution >= 0.6 is 0 Å². The van der Waals surface area contributed by atoms with Crippen LogP contribution in [0.15, 0.2) is 12.3 Å². The molecule has 1 nitrogen and oxygen atoms in total. The first-order chi connectivity index (χ1) is 6.02. The van der Waals surface area contributed by atoms with E-state index in [1.54, 1.807) is 13.1 Å². The van der Waals surface area contributed by atoms with E-state index in [0.29, 0.717) is 5.69 Å². The van der Waals surface area contributed by atoms with Crippen molar-refractivity contribution in [2.45, 2.75) is 33.1 Å². The summed E-state index contributed by atoms with van der Waals surface area (Å²) in [4.78, 5) is 4.02. The van der Waals surface area contributed by atoms with Crippen LogP contribution in [0.1, 0.15) is 43.0 Å². The molecule has 0 fully saturated rings. The van der Waals surface area contributed by atoms with Crippen LogP contribution in [0.2, 0.25) is 0 Å². The van der Waals surface area contributed by atoms with Gasteiger partial charge in [0.25, 0.3) is 6.43 Å². The summed E-state index contributed by atoms with van der Waals surface area (Å²) in [5.41, 5.74) is 1.34. The molecule has 1 rings (SSSR count). The third-order valence-electron chi connectivity index (χ3n) is 1.87. The fraction of sp³-hybridized carbons (Fsp3) is 0.500. The maximum Gasteiger partial charge on any atom is 0.265 e. The summed E-state index contributed by atoms with van der Waals surface area (Å²) >= 11 is 0. The average Bonchev–Trinajstić information content (AvgIpc) is 2.03. The molecule has 0 aliphatic rings. The average molecular weight is 185 g/mol. The van der Waals surface area contributed by atoms with Gasteiger partial charge in [-0.2, -0.15) is 0 Å². The third kappa shape index (κ3) is 2.23. The highest BCUT2D eigenvalue weighted by Crippen LogP contribution is 2.26. The summed E-state index contributed by atoms with van der Waals surface area (Å²) in [5, 5.41) is 0. The van der Waals surface area contributed by atoms with Gasteiger partial charge in [-0.1, -0.05) is 13.8 Å². The number of nitrogens with zero attached hydrogens (tertiary/aromatic N) is 1. The first-order valence-corrected chi connectivity index (χ1v) is 4.27. The Morgan fingerprint density at radius 1 is 1.31 bits per heavy atom. The van der Waals surface area contributed by atoms with Crippen molar-refractivity contribution in [2.24, 2.45) is 0 Å². The number of alkyl halides is 2. The molecule has 1 aromatic heterocycles. The van der Waals surface area contributed by atoms with Crippen LogP contribution in [0.5, 0.6) is 0 Å². The minimum Gasteiger partial charge on any atom is -0.260 e. The molecule has 0 atom stereocenters. The third-order valence-corrected chi connectivity index (χ3v) is 1.87. The van der Waals surface area contributed by atoms with Crippen LogP contribution in [0.4, 0.5) is 8.78 Å². The van der Waals surface area contributed by atoms with Gasteiger partial charge in [-0.3, -0.25) is 4.98 Å². The molecule has 1 heterocycles. The largest absolute Gasteiger partial charge is 0.265 e. The first kappa shape index (κ1) is 10.1. The van der Waals surface area contributed by atoms with Gasteiger partial charge in [-0.05, 0) is 24.5 Å². The Morgan fingerprint density at radius 2 is 1.92 bits per heavy atom. The Hall–Kier alpha value is -0.990.